The minimum Gasteiger partial charge on any atom is -0.508 e. The normalized spacial score (nSPS) is 9.92. The van der Waals surface area contributed by atoms with Crippen LogP contribution in [0, 0.1) is 0 Å². The molecule has 1 aromatic heterocycles. The van der Waals surface area contributed by atoms with Crippen LogP contribution in [0.15, 0.2) is 48.8 Å². The first-order valence-electron chi connectivity index (χ1n) is 7.58. The highest BCUT2D eigenvalue weighted by atomic mass is 16.3. The van der Waals surface area contributed by atoms with Crippen LogP contribution in [-0.2, 0) is 9.59 Å². The van der Waals surface area contributed by atoms with Gasteiger partial charge >= 0.3 is 0 Å². The van der Waals surface area contributed by atoms with Crippen molar-refractivity contribution < 1.29 is 19.5 Å². The molecule has 8 nitrogen and oxygen atoms in total. The fourth-order valence-corrected chi connectivity index (χ4v) is 1.95. The lowest BCUT2D eigenvalue weighted by Gasteiger charge is -2.08. The number of phenols is 1. The molecule has 0 aliphatic carbocycles. The molecule has 0 unspecified atom stereocenters. The fourth-order valence-electron chi connectivity index (χ4n) is 1.95. The number of carbonyl (C=O) groups is 3. The van der Waals surface area contributed by atoms with Crippen molar-refractivity contribution in [3.63, 3.8) is 0 Å². The zero-order valence-electron chi connectivity index (χ0n) is 13.4. The van der Waals surface area contributed by atoms with Gasteiger partial charge in [0.25, 0.3) is 5.91 Å². The second-order valence-corrected chi connectivity index (χ2v) is 5.12. The number of aromatic hydroxyl groups is 1. The summed E-state index contributed by atoms with van der Waals surface area (Å²) in [6.45, 7) is -0.0712. The summed E-state index contributed by atoms with van der Waals surface area (Å²) in [4.78, 5) is 39.0. The number of pyridine rings is 1. The number of anilines is 1. The van der Waals surface area contributed by atoms with Crippen LogP contribution in [0.25, 0.3) is 0 Å². The summed E-state index contributed by atoms with van der Waals surface area (Å²) >= 11 is 0. The lowest BCUT2D eigenvalue weighted by atomic mass is 10.2. The van der Waals surface area contributed by atoms with E-state index < -0.39 is 11.8 Å². The first-order chi connectivity index (χ1) is 12.0. The van der Waals surface area contributed by atoms with E-state index in [-0.39, 0.29) is 36.7 Å². The number of aromatic nitrogens is 1. The van der Waals surface area contributed by atoms with Crippen molar-refractivity contribution in [2.24, 2.45) is 0 Å². The number of amides is 3. The van der Waals surface area contributed by atoms with Crippen LogP contribution in [0.1, 0.15) is 16.8 Å². The maximum atomic E-state index is 11.8. The van der Waals surface area contributed by atoms with Crippen LogP contribution in [-0.4, -0.2) is 40.9 Å². The third kappa shape index (κ3) is 6.30. The molecule has 3 amide bonds. The summed E-state index contributed by atoms with van der Waals surface area (Å²) in [6, 6.07) is 9.13. The molecule has 0 saturated heterocycles. The van der Waals surface area contributed by atoms with Gasteiger partial charge in [-0.15, -0.1) is 0 Å². The molecular weight excluding hydrogens is 324 g/mol. The van der Waals surface area contributed by atoms with Gasteiger partial charge in [-0.25, -0.2) is 0 Å². The quantitative estimate of drug-likeness (QED) is 0.589. The van der Waals surface area contributed by atoms with Gasteiger partial charge < -0.3 is 21.1 Å². The van der Waals surface area contributed by atoms with Gasteiger partial charge in [0.2, 0.25) is 11.8 Å². The molecule has 0 fully saturated rings. The standard InChI is InChI=1S/C17H18N4O4/c22-14-3-1-2-12(10-14)17(25)20-11-16(24)19-9-6-15(23)21-13-4-7-18-8-5-13/h1-5,7-8,10,22H,6,9,11H2,(H,19,24)(H,20,25)(H,18,21,23). The van der Waals surface area contributed by atoms with E-state index in [1.54, 1.807) is 24.5 Å². The molecule has 2 aromatic rings. The minimum absolute atomic E-state index is 0.0303. The molecule has 0 bridgehead atoms. The second-order valence-electron chi connectivity index (χ2n) is 5.12. The summed E-state index contributed by atoms with van der Waals surface area (Å²) < 4.78 is 0. The molecule has 1 aromatic carbocycles. The van der Waals surface area contributed by atoms with Crippen molar-refractivity contribution in [3.8, 4) is 5.75 Å². The Morgan fingerprint density at radius 1 is 1.00 bits per heavy atom. The van der Waals surface area contributed by atoms with E-state index in [0.29, 0.717) is 5.69 Å². The number of carbonyl (C=O) groups excluding carboxylic acids is 3. The maximum absolute atomic E-state index is 11.8. The number of nitrogens with one attached hydrogen (secondary N) is 3. The average Bonchev–Trinajstić information content (AvgIpc) is 2.60. The largest absolute Gasteiger partial charge is 0.508 e. The lowest BCUT2D eigenvalue weighted by Crippen LogP contribution is -2.38. The second kappa shape index (κ2) is 9.02. The van der Waals surface area contributed by atoms with Crippen molar-refractivity contribution in [2.45, 2.75) is 6.42 Å². The van der Waals surface area contributed by atoms with Crippen LogP contribution >= 0.6 is 0 Å². The highest BCUT2D eigenvalue weighted by molar-refractivity contribution is 5.96. The predicted molar refractivity (Wildman–Crippen MR) is 90.9 cm³/mol. The van der Waals surface area contributed by atoms with Crippen LogP contribution in [0.5, 0.6) is 5.75 Å². The molecule has 0 atom stereocenters. The zero-order valence-corrected chi connectivity index (χ0v) is 13.4. The number of benzene rings is 1. The molecule has 0 radical (unpaired) electrons. The first-order valence-corrected chi connectivity index (χ1v) is 7.58. The molecule has 1 heterocycles. The Bertz CT molecular complexity index is 749. The Morgan fingerprint density at radius 2 is 1.76 bits per heavy atom. The van der Waals surface area contributed by atoms with Crippen molar-refractivity contribution in [1.82, 2.24) is 15.6 Å². The molecule has 4 N–H and O–H groups in total. The van der Waals surface area contributed by atoms with Crippen molar-refractivity contribution >= 4 is 23.4 Å². The number of hydrogen-bond acceptors (Lipinski definition) is 5. The van der Waals surface area contributed by atoms with Crippen LogP contribution in [0.2, 0.25) is 0 Å². The molecule has 2 rings (SSSR count). The van der Waals surface area contributed by atoms with Crippen molar-refractivity contribution in [2.75, 3.05) is 18.4 Å². The Labute approximate surface area is 144 Å². The minimum atomic E-state index is -0.471. The van der Waals surface area contributed by atoms with Gasteiger partial charge in [-0.2, -0.15) is 0 Å². The van der Waals surface area contributed by atoms with Gasteiger partial charge in [-0.05, 0) is 30.3 Å². The lowest BCUT2D eigenvalue weighted by molar-refractivity contribution is -0.120. The Hall–Kier alpha value is -3.42. The van der Waals surface area contributed by atoms with Gasteiger partial charge in [-0.3, -0.25) is 19.4 Å². The van der Waals surface area contributed by atoms with E-state index in [9.17, 15) is 19.5 Å². The van der Waals surface area contributed by atoms with E-state index in [2.05, 4.69) is 20.9 Å². The van der Waals surface area contributed by atoms with Gasteiger partial charge in [-0.1, -0.05) is 6.07 Å². The Morgan fingerprint density at radius 3 is 2.48 bits per heavy atom. The molecule has 0 aliphatic rings. The number of nitrogens with zero attached hydrogens (tertiary/aromatic N) is 1. The van der Waals surface area contributed by atoms with Gasteiger partial charge in [0.15, 0.2) is 0 Å². The van der Waals surface area contributed by atoms with Crippen LogP contribution in [0.4, 0.5) is 5.69 Å². The van der Waals surface area contributed by atoms with Crippen LogP contribution < -0.4 is 16.0 Å². The SMILES string of the molecule is O=C(CNC(=O)c1cccc(O)c1)NCCC(=O)Nc1ccncc1. The summed E-state index contributed by atoms with van der Waals surface area (Å²) in [5.74, 6) is -1.15. The number of phenolic OH excluding ortho intramolecular Hbond substituents is 1. The first kappa shape index (κ1) is 17.9. The number of hydrogen-bond donors (Lipinski definition) is 4. The topological polar surface area (TPSA) is 120 Å². The summed E-state index contributed by atoms with van der Waals surface area (Å²) in [7, 11) is 0. The van der Waals surface area contributed by atoms with E-state index in [4.69, 9.17) is 0 Å². The Kier molecular flexibility index (Phi) is 6.47. The third-order valence-electron chi connectivity index (χ3n) is 3.16. The van der Waals surface area contributed by atoms with Crippen molar-refractivity contribution in [1.29, 1.82) is 0 Å². The van der Waals surface area contributed by atoms with E-state index in [1.165, 1.54) is 24.3 Å². The van der Waals surface area contributed by atoms with E-state index in [1.807, 2.05) is 0 Å². The fraction of sp³-hybridized carbons (Fsp3) is 0.176. The Balaban J connectivity index is 1.65. The molecule has 8 heteroatoms. The monoisotopic (exact) mass is 342 g/mol. The molecule has 130 valence electrons. The van der Waals surface area contributed by atoms with E-state index >= 15 is 0 Å². The van der Waals surface area contributed by atoms with Gasteiger partial charge in [0.05, 0.1) is 6.54 Å². The molecular formula is C17H18N4O4. The summed E-state index contributed by atoms with van der Waals surface area (Å²) in [5, 5.41) is 17.0. The van der Waals surface area contributed by atoms with Crippen molar-refractivity contribution in [3.05, 3.63) is 54.4 Å². The maximum Gasteiger partial charge on any atom is 0.251 e. The highest BCUT2D eigenvalue weighted by Gasteiger charge is 2.09. The highest BCUT2D eigenvalue weighted by Crippen LogP contribution is 2.10. The van der Waals surface area contributed by atoms with Gasteiger partial charge in [0, 0.05) is 36.6 Å². The molecule has 0 saturated carbocycles. The molecule has 0 aliphatic heterocycles. The van der Waals surface area contributed by atoms with E-state index in [0.717, 1.165) is 0 Å². The molecule has 25 heavy (non-hydrogen) atoms. The average molecular weight is 342 g/mol. The zero-order chi connectivity index (χ0) is 18.1. The summed E-state index contributed by atoms with van der Waals surface area (Å²) in [5.41, 5.74) is 0.884. The number of rotatable bonds is 7. The predicted octanol–water partition coefficient (Wildman–Crippen LogP) is 0.662. The summed E-state index contributed by atoms with van der Waals surface area (Å²) in [6.07, 6.45) is 3.23. The smallest absolute Gasteiger partial charge is 0.251 e. The van der Waals surface area contributed by atoms with Gasteiger partial charge in [0.1, 0.15) is 5.75 Å². The van der Waals surface area contributed by atoms with Crippen LogP contribution in [0.3, 0.4) is 0 Å². The molecule has 0 spiro atoms. The third-order valence-corrected chi connectivity index (χ3v) is 3.16.